The highest BCUT2D eigenvalue weighted by Gasteiger charge is 2.22. The SMILES string of the molecule is ON1CCC(SC2CCNCC2)CC1. The molecule has 0 radical (unpaired) electrons. The van der Waals surface area contributed by atoms with E-state index in [-0.39, 0.29) is 0 Å². The van der Waals surface area contributed by atoms with Crippen molar-refractivity contribution < 1.29 is 5.21 Å². The number of nitrogens with zero attached hydrogens (tertiary/aromatic N) is 1. The van der Waals surface area contributed by atoms with Gasteiger partial charge in [-0.25, -0.2) is 0 Å². The molecule has 82 valence electrons. The molecule has 14 heavy (non-hydrogen) atoms. The normalized spacial score (nSPS) is 28.1. The maximum Gasteiger partial charge on any atom is 0.0248 e. The first-order valence-corrected chi connectivity index (χ1v) is 6.59. The zero-order valence-electron chi connectivity index (χ0n) is 8.61. The van der Waals surface area contributed by atoms with Gasteiger partial charge in [0.25, 0.3) is 0 Å². The highest BCUT2D eigenvalue weighted by Crippen LogP contribution is 2.30. The van der Waals surface area contributed by atoms with Gasteiger partial charge in [0.05, 0.1) is 0 Å². The van der Waals surface area contributed by atoms with Gasteiger partial charge in [0.2, 0.25) is 0 Å². The van der Waals surface area contributed by atoms with Crippen LogP contribution in [0.5, 0.6) is 0 Å². The van der Waals surface area contributed by atoms with E-state index < -0.39 is 0 Å². The van der Waals surface area contributed by atoms with Crippen LogP contribution in [0.3, 0.4) is 0 Å². The molecule has 2 rings (SSSR count). The van der Waals surface area contributed by atoms with Gasteiger partial charge in [-0.3, -0.25) is 0 Å². The van der Waals surface area contributed by atoms with Crippen molar-refractivity contribution in [3.63, 3.8) is 0 Å². The van der Waals surface area contributed by atoms with E-state index in [0.29, 0.717) is 0 Å². The largest absolute Gasteiger partial charge is 0.317 e. The van der Waals surface area contributed by atoms with E-state index in [4.69, 9.17) is 0 Å². The summed E-state index contributed by atoms with van der Waals surface area (Å²) in [6.45, 7) is 4.11. The second kappa shape index (κ2) is 5.35. The third kappa shape index (κ3) is 3.12. The van der Waals surface area contributed by atoms with Crippen LogP contribution in [-0.2, 0) is 0 Å². The summed E-state index contributed by atoms with van der Waals surface area (Å²) in [6, 6.07) is 0. The lowest BCUT2D eigenvalue weighted by atomic mass is 10.1. The number of hydroxylamine groups is 2. The fourth-order valence-corrected chi connectivity index (χ4v) is 3.72. The molecule has 0 unspecified atom stereocenters. The van der Waals surface area contributed by atoms with Gasteiger partial charge >= 0.3 is 0 Å². The third-order valence-electron chi connectivity index (χ3n) is 3.09. The number of nitrogens with one attached hydrogen (secondary N) is 1. The summed E-state index contributed by atoms with van der Waals surface area (Å²) in [5.41, 5.74) is 0. The lowest BCUT2D eigenvalue weighted by molar-refractivity contribution is -0.102. The van der Waals surface area contributed by atoms with Crippen LogP contribution in [0, 0.1) is 0 Å². The second-order valence-corrected chi connectivity index (χ2v) is 5.84. The Hall–Kier alpha value is 0.230. The summed E-state index contributed by atoms with van der Waals surface area (Å²) in [5, 5.41) is 15.8. The van der Waals surface area contributed by atoms with Gasteiger partial charge in [0.15, 0.2) is 0 Å². The van der Waals surface area contributed by atoms with Gasteiger partial charge < -0.3 is 10.5 Å². The minimum absolute atomic E-state index is 0.793. The van der Waals surface area contributed by atoms with Gasteiger partial charge in [-0.2, -0.15) is 16.8 Å². The molecule has 2 heterocycles. The standard InChI is InChI=1S/C10H20N2OS/c13-12-7-3-10(4-8-12)14-9-1-5-11-6-2-9/h9-11,13H,1-8H2. The molecule has 2 fully saturated rings. The Balaban J connectivity index is 1.68. The van der Waals surface area contributed by atoms with Gasteiger partial charge in [0.1, 0.15) is 0 Å². The van der Waals surface area contributed by atoms with Crippen molar-refractivity contribution in [1.82, 2.24) is 10.4 Å². The number of hydrogen-bond acceptors (Lipinski definition) is 4. The van der Waals surface area contributed by atoms with E-state index >= 15 is 0 Å². The van der Waals surface area contributed by atoms with Crippen LogP contribution in [0.1, 0.15) is 25.7 Å². The summed E-state index contributed by atoms with van der Waals surface area (Å²) < 4.78 is 0. The summed E-state index contributed by atoms with van der Waals surface area (Å²) in [6.07, 6.45) is 4.96. The zero-order valence-corrected chi connectivity index (χ0v) is 9.43. The molecule has 0 aliphatic carbocycles. The molecule has 3 nitrogen and oxygen atoms in total. The summed E-state index contributed by atoms with van der Waals surface area (Å²) in [7, 11) is 0. The van der Waals surface area contributed by atoms with E-state index in [1.165, 1.54) is 31.0 Å². The van der Waals surface area contributed by atoms with Gasteiger partial charge in [-0.15, -0.1) is 0 Å². The van der Waals surface area contributed by atoms with E-state index in [1.54, 1.807) is 0 Å². The van der Waals surface area contributed by atoms with Crippen molar-refractivity contribution in [3.05, 3.63) is 0 Å². The fourth-order valence-electron chi connectivity index (χ4n) is 2.18. The molecule has 0 atom stereocenters. The number of hydrogen-bond donors (Lipinski definition) is 2. The number of rotatable bonds is 2. The van der Waals surface area contributed by atoms with Gasteiger partial charge in [0, 0.05) is 23.6 Å². The molecule has 0 bridgehead atoms. The highest BCUT2D eigenvalue weighted by atomic mass is 32.2. The van der Waals surface area contributed by atoms with Crippen molar-refractivity contribution in [2.24, 2.45) is 0 Å². The summed E-state index contributed by atoms with van der Waals surface area (Å²) >= 11 is 2.17. The Morgan fingerprint density at radius 3 is 2.21 bits per heavy atom. The Bertz CT molecular complexity index is 166. The predicted octanol–water partition coefficient (Wildman–Crippen LogP) is 1.33. The molecule has 2 saturated heterocycles. The lowest BCUT2D eigenvalue weighted by Gasteiger charge is -2.31. The Morgan fingerprint density at radius 2 is 1.57 bits per heavy atom. The van der Waals surface area contributed by atoms with Crippen LogP contribution in [0.2, 0.25) is 0 Å². The maximum atomic E-state index is 9.25. The summed E-state index contributed by atoms with van der Waals surface area (Å²) in [4.78, 5) is 0. The third-order valence-corrected chi connectivity index (χ3v) is 4.80. The monoisotopic (exact) mass is 216 g/mol. The first-order valence-electron chi connectivity index (χ1n) is 5.64. The Kier molecular flexibility index (Phi) is 4.10. The molecule has 0 aromatic carbocycles. The van der Waals surface area contributed by atoms with E-state index in [9.17, 15) is 5.21 Å². The molecule has 0 amide bonds. The first-order chi connectivity index (χ1) is 6.84. The first kappa shape index (κ1) is 10.7. The van der Waals surface area contributed by atoms with E-state index in [2.05, 4.69) is 17.1 Å². The van der Waals surface area contributed by atoms with Crippen LogP contribution in [-0.4, -0.2) is 46.9 Å². The molecular weight excluding hydrogens is 196 g/mol. The van der Waals surface area contributed by atoms with Crippen molar-refractivity contribution in [3.8, 4) is 0 Å². The minimum atomic E-state index is 0.793. The molecule has 0 aromatic heterocycles. The zero-order chi connectivity index (χ0) is 9.80. The maximum absolute atomic E-state index is 9.25. The van der Waals surface area contributed by atoms with Crippen molar-refractivity contribution >= 4 is 11.8 Å². The van der Waals surface area contributed by atoms with E-state index in [1.807, 2.05) is 0 Å². The van der Waals surface area contributed by atoms with Crippen LogP contribution in [0.4, 0.5) is 0 Å². The molecule has 2 N–H and O–H groups in total. The van der Waals surface area contributed by atoms with Crippen molar-refractivity contribution in [2.75, 3.05) is 26.2 Å². The van der Waals surface area contributed by atoms with Crippen LogP contribution >= 0.6 is 11.8 Å². The highest BCUT2D eigenvalue weighted by molar-refractivity contribution is 8.00. The molecular formula is C10H20N2OS. The van der Waals surface area contributed by atoms with E-state index in [0.717, 1.165) is 36.4 Å². The van der Waals surface area contributed by atoms with Crippen LogP contribution in [0.25, 0.3) is 0 Å². The molecule has 0 aromatic rings. The Morgan fingerprint density at radius 1 is 1.00 bits per heavy atom. The Labute approximate surface area is 90.2 Å². The van der Waals surface area contributed by atoms with Crippen molar-refractivity contribution in [1.29, 1.82) is 0 Å². The minimum Gasteiger partial charge on any atom is -0.317 e. The molecule has 0 saturated carbocycles. The molecule has 2 aliphatic rings. The van der Waals surface area contributed by atoms with Gasteiger partial charge in [-0.05, 0) is 38.8 Å². The number of piperidine rings is 2. The summed E-state index contributed by atoms with van der Waals surface area (Å²) in [5.74, 6) is 0. The average molecular weight is 216 g/mol. The second-order valence-electron chi connectivity index (χ2n) is 4.24. The predicted molar refractivity (Wildman–Crippen MR) is 59.9 cm³/mol. The smallest absolute Gasteiger partial charge is 0.0248 e. The average Bonchev–Trinajstić information content (AvgIpc) is 2.23. The fraction of sp³-hybridized carbons (Fsp3) is 1.00. The molecule has 4 heteroatoms. The van der Waals surface area contributed by atoms with Crippen LogP contribution < -0.4 is 5.32 Å². The van der Waals surface area contributed by atoms with Crippen molar-refractivity contribution in [2.45, 2.75) is 36.2 Å². The van der Waals surface area contributed by atoms with Gasteiger partial charge in [-0.1, -0.05) is 0 Å². The topological polar surface area (TPSA) is 35.5 Å². The molecule has 2 aliphatic heterocycles. The molecule has 0 spiro atoms. The number of thioether (sulfide) groups is 1. The van der Waals surface area contributed by atoms with Crippen LogP contribution in [0.15, 0.2) is 0 Å². The quantitative estimate of drug-likeness (QED) is 0.730. The lowest BCUT2D eigenvalue weighted by Crippen LogP contribution is -2.35.